The Labute approximate surface area is 232 Å². The maximum absolute atomic E-state index is 14.2. The van der Waals surface area contributed by atoms with Gasteiger partial charge < -0.3 is 14.5 Å². The number of fused-ring (bicyclic) bond motifs is 1. The van der Waals surface area contributed by atoms with E-state index < -0.39 is 38.3 Å². The van der Waals surface area contributed by atoms with Crippen LogP contribution in [0.2, 0.25) is 0 Å². The number of hydrogen-bond donors (Lipinski definition) is 1. The van der Waals surface area contributed by atoms with Gasteiger partial charge in [0, 0.05) is 37.9 Å². The van der Waals surface area contributed by atoms with Crippen molar-refractivity contribution in [1.29, 1.82) is 0 Å². The number of nitrogens with one attached hydrogen (secondary N) is 1. The van der Waals surface area contributed by atoms with Crippen LogP contribution in [0.5, 0.6) is 5.88 Å². The first-order chi connectivity index (χ1) is 19.6. The topological polar surface area (TPSA) is 131 Å². The van der Waals surface area contributed by atoms with Crippen LogP contribution in [0, 0.1) is 11.6 Å². The Morgan fingerprint density at radius 3 is 2.41 bits per heavy atom. The summed E-state index contributed by atoms with van der Waals surface area (Å²) in [5.74, 6) is -3.95. The van der Waals surface area contributed by atoms with Crippen molar-refractivity contribution in [2.45, 2.75) is 4.90 Å². The van der Waals surface area contributed by atoms with Gasteiger partial charge in [0.15, 0.2) is 16.5 Å². The summed E-state index contributed by atoms with van der Waals surface area (Å²) in [4.78, 5) is 31.5. The first-order valence-electron chi connectivity index (χ1n) is 12.1. The molecule has 1 N–H and O–H groups in total. The van der Waals surface area contributed by atoms with Crippen LogP contribution in [0.15, 0.2) is 66.2 Å². The van der Waals surface area contributed by atoms with Crippen LogP contribution in [0.4, 0.5) is 24.7 Å². The number of sulfonamides is 1. The van der Waals surface area contributed by atoms with E-state index >= 15 is 0 Å². The number of amides is 1. The van der Waals surface area contributed by atoms with E-state index in [9.17, 15) is 26.4 Å². The van der Waals surface area contributed by atoms with E-state index in [4.69, 9.17) is 4.74 Å². The summed E-state index contributed by atoms with van der Waals surface area (Å²) >= 11 is 0. The standard InChI is InChI=1S/C26H22F3N7O4S/c1-15(27)26(37)36-10-8-35(9-11-36)24-22-20(31-14-32-24)7-6-19(33-22)16-12-21(25(40-2)30-13-16)34-41(38,39)23-17(28)4-3-5-18(23)29/h3-7,12-14,34H,1,8-11H2,2H3. The molecular formula is C26H22F3N7O4S. The van der Waals surface area contributed by atoms with Gasteiger partial charge in [0.25, 0.3) is 15.9 Å². The highest BCUT2D eigenvalue weighted by Crippen LogP contribution is 2.32. The van der Waals surface area contributed by atoms with Gasteiger partial charge in [-0.05, 0) is 30.3 Å². The van der Waals surface area contributed by atoms with Crippen LogP contribution < -0.4 is 14.4 Å². The first-order valence-corrected chi connectivity index (χ1v) is 13.6. The number of carbonyl (C=O) groups excluding carboxylic acids is 1. The molecule has 5 rings (SSSR count). The Balaban J connectivity index is 1.48. The lowest BCUT2D eigenvalue weighted by Crippen LogP contribution is -2.49. The van der Waals surface area contributed by atoms with Crippen molar-refractivity contribution in [2.24, 2.45) is 0 Å². The molecular weight excluding hydrogens is 563 g/mol. The number of halogens is 3. The maximum atomic E-state index is 14.2. The minimum Gasteiger partial charge on any atom is -0.480 e. The molecule has 3 aromatic heterocycles. The minimum atomic E-state index is -4.70. The van der Waals surface area contributed by atoms with E-state index in [2.05, 4.69) is 31.2 Å². The molecule has 4 aromatic rings. The van der Waals surface area contributed by atoms with Gasteiger partial charge in [-0.1, -0.05) is 12.6 Å². The van der Waals surface area contributed by atoms with Gasteiger partial charge in [-0.3, -0.25) is 9.52 Å². The van der Waals surface area contributed by atoms with Gasteiger partial charge >= 0.3 is 0 Å². The fourth-order valence-corrected chi connectivity index (χ4v) is 5.56. The van der Waals surface area contributed by atoms with Crippen molar-refractivity contribution in [3.8, 4) is 17.1 Å². The zero-order valence-corrected chi connectivity index (χ0v) is 22.3. The lowest BCUT2D eigenvalue weighted by Gasteiger charge is -2.35. The number of ether oxygens (including phenoxy) is 1. The summed E-state index contributed by atoms with van der Waals surface area (Å²) in [6.07, 6.45) is 2.77. The maximum Gasteiger partial charge on any atom is 0.282 e. The zero-order chi connectivity index (χ0) is 29.3. The Hall–Kier alpha value is -4.79. The third kappa shape index (κ3) is 5.48. The van der Waals surface area contributed by atoms with E-state index in [1.165, 1.54) is 30.6 Å². The molecule has 1 fully saturated rings. The van der Waals surface area contributed by atoms with E-state index in [-0.39, 0.29) is 24.7 Å². The van der Waals surface area contributed by atoms with Crippen molar-refractivity contribution in [1.82, 2.24) is 24.8 Å². The van der Waals surface area contributed by atoms with Crippen molar-refractivity contribution in [3.63, 3.8) is 0 Å². The predicted octanol–water partition coefficient (Wildman–Crippen LogP) is 3.31. The number of carbonyl (C=O) groups is 1. The summed E-state index contributed by atoms with van der Waals surface area (Å²) in [5, 5.41) is 0. The molecule has 1 saturated heterocycles. The molecule has 11 nitrogen and oxygen atoms in total. The minimum absolute atomic E-state index is 0.137. The first kappa shape index (κ1) is 27.8. The summed E-state index contributed by atoms with van der Waals surface area (Å²) < 4.78 is 74.9. The molecule has 41 heavy (non-hydrogen) atoms. The molecule has 0 atom stereocenters. The number of hydrogen-bond acceptors (Lipinski definition) is 9. The molecule has 1 aliphatic rings. The average molecular weight is 586 g/mol. The van der Waals surface area contributed by atoms with Gasteiger partial charge in [0.05, 0.1) is 18.3 Å². The number of pyridine rings is 2. The van der Waals surface area contributed by atoms with Crippen molar-refractivity contribution in [3.05, 3.63) is 73.0 Å². The molecule has 1 aliphatic heterocycles. The van der Waals surface area contributed by atoms with Crippen LogP contribution in [-0.4, -0.2) is 72.4 Å². The van der Waals surface area contributed by atoms with Crippen LogP contribution in [-0.2, 0) is 14.8 Å². The van der Waals surface area contributed by atoms with Gasteiger partial charge in [-0.25, -0.2) is 41.5 Å². The number of nitrogens with zero attached hydrogens (tertiary/aromatic N) is 6. The van der Waals surface area contributed by atoms with Gasteiger partial charge in [0.2, 0.25) is 5.88 Å². The second-order valence-corrected chi connectivity index (χ2v) is 10.5. The highest BCUT2D eigenvalue weighted by Gasteiger charge is 2.27. The number of anilines is 2. The fourth-order valence-electron chi connectivity index (χ4n) is 4.38. The third-order valence-corrected chi connectivity index (χ3v) is 7.75. The molecule has 1 amide bonds. The van der Waals surface area contributed by atoms with Crippen LogP contribution in [0.25, 0.3) is 22.3 Å². The molecule has 0 bridgehead atoms. The average Bonchev–Trinajstić information content (AvgIpc) is 2.95. The van der Waals surface area contributed by atoms with Crippen molar-refractivity contribution < 1.29 is 31.1 Å². The molecule has 0 spiro atoms. The summed E-state index contributed by atoms with van der Waals surface area (Å²) in [5.41, 5.74) is 1.49. The highest BCUT2D eigenvalue weighted by atomic mass is 32.2. The normalized spacial score (nSPS) is 13.8. The van der Waals surface area contributed by atoms with E-state index in [0.29, 0.717) is 41.2 Å². The summed E-state index contributed by atoms with van der Waals surface area (Å²) in [6.45, 7) is 4.28. The number of methoxy groups -OCH3 is 1. The quantitative estimate of drug-likeness (QED) is 0.325. The molecule has 15 heteroatoms. The Morgan fingerprint density at radius 1 is 1.05 bits per heavy atom. The lowest BCUT2D eigenvalue weighted by atomic mass is 10.1. The summed E-state index contributed by atoms with van der Waals surface area (Å²) in [7, 11) is -3.44. The summed E-state index contributed by atoms with van der Waals surface area (Å²) in [6, 6.07) is 7.42. The Bertz CT molecular complexity index is 1760. The number of aromatic nitrogens is 4. The van der Waals surface area contributed by atoms with Gasteiger partial charge in [-0.15, -0.1) is 0 Å². The second-order valence-electron chi connectivity index (χ2n) is 8.88. The van der Waals surface area contributed by atoms with E-state index in [0.717, 1.165) is 18.2 Å². The SMILES string of the molecule is C=C(F)C(=O)N1CCN(c2ncnc3ccc(-c4cnc(OC)c(NS(=O)(=O)c5c(F)cccc5F)c4)nc23)CC1. The van der Waals surface area contributed by atoms with E-state index in [1.807, 2.05) is 4.90 Å². The second kappa shape index (κ2) is 11.0. The largest absolute Gasteiger partial charge is 0.480 e. The Kier molecular flexibility index (Phi) is 7.45. The smallest absolute Gasteiger partial charge is 0.282 e. The number of benzene rings is 1. The number of rotatable bonds is 7. The predicted molar refractivity (Wildman–Crippen MR) is 143 cm³/mol. The van der Waals surface area contributed by atoms with Gasteiger partial charge in [0.1, 0.15) is 29.2 Å². The molecule has 212 valence electrons. The molecule has 0 aliphatic carbocycles. The van der Waals surface area contributed by atoms with Crippen LogP contribution in [0.1, 0.15) is 0 Å². The fraction of sp³-hybridized carbons (Fsp3) is 0.192. The third-order valence-electron chi connectivity index (χ3n) is 6.33. The molecule has 0 unspecified atom stereocenters. The van der Waals surface area contributed by atoms with Crippen LogP contribution >= 0.6 is 0 Å². The Morgan fingerprint density at radius 2 is 1.76 bits per heavy atom. The molecule has 0 radical (unpaired) electrons. The van der Waals surface area contributed by atoms with Crippen molar-refractivity contribution in [2.75, 3.05) is 42.9 Å². The van der Waals surface area contributed by atoms with Gasteiger partial charge in [-0.2, -0.15) is 0 Å². The van der Waals surface area contributed by atoms with Crippen molar-refractivity contribution >= 4 is 38.5 Å². The number of piperazine rings is 1. The highest BCUT2D eigenvalue weighted by molar-refractivity contribution is 7.92. The lowest BCUT2D eigenvalue weighted by molar-refractivity contribution is -0.128. The van der Waals surface area contributed by atoms with Crippen LogP contribution in [0.3, 0.4) is 0 Å². The molecule has 4 heterocycles. The molecule has 0 saturated carbocycles. The monoisotopic (exact) mass is 585 g/mol. The zero-order valence-electron chi connectivity index (χ0n) is 21.5. The molecule has 1 aromatic carbocycles. The van der Waals surface area contributed by atoms with E-state index in [1.54, 1.807) is 12.1 Å².